The highest BCUT2D eigenvalue weighted by Gasteiger charge is 2.40. The van der Waals surface area contributed by atoms with E-state index in [-0.39, 0.29) is 13.0 Å². The maximum Gasteiger partial charge on any atom is 0.408 e. The van der Waals surface area contributed by atoms with Gasteiger partial charge in [-0.15, -0.1) is 0 Å². The number of aromatic nitrogens is 1. The maximum atomic E-state index is 14.2. The van der Waals surface area contributed by atoms with Gasteiger partial charge in [0.15, 0.2) is 0 Å². The van der Waals surface area contributed by atoms with Gasteiger partial charge >= 0.3 is 12.1 Å². The van der Waals surface area contributed by atoms with E-state index in [0.29, 0.717) is 22.0 Å². The van der Waals surface area contributed by atoms with Crippen molar-refractivity contribution in [3.05, 3.63) is 101 Å². The predicted octanol–water partition coefficient (Wildman–Crippen LogP) is 5.70. The first-order valence-electron chi connectivity index (χ1n) is 10.9. The fourth-order valence-electron chi connectivity index (χ4n) is 3.69. The molecule has 3 aromatic carbocycles. The van der Waals surface area contributed by atoms with Crippen LogP contribution < -0.4 is 10.1 Å². The fourth-order valence-corrected chi connectivity index (χ4v) is 3.69. The number of para-hydroxylation sites is 1. The molecule has 4 rings (SSSR count). The molecule has 1 aromatic heterocycles. The van der Waals surface area contributed by atoms with Crippen molar-refractivity contribution in [1.82, 2.24) is 10.3 Å². The number of hydrogen-bond donors (Lipinski definition) is 2. The Kier molecular flexibility index (Phi) is 7.14. The zero-order chi connectivity index (χ0) is 26.7. The molecule has 11 heteroatoms. The Labute approximate surface area is 207 Å². The third-order valence-electron chi connectivity index (χ3n) is 5.62. The Balaban J connectivity index is 1.64. The highest BCUT2D eigenvalue weighted by Crippen LogP contribution is 2.31. The highest BCUT2D eigenvalue weighted by molar-refractivity contribution is 5.89. The van der Waals surface area contributed by atoms with Crippen LogP contribution in [0, 0.1) is 29.1 Å². The van der Waals surface area contributed by atoms with Crippen molar-refractivity contribution in [3.8, 4) is 5.75 Å². The van der Waals surface area contributed by atoms with Crippen LogP contribution in [0.2, 0.25) is 0 Å². The van der Waals surface area contributed by atoms with Gasteiger partial charge in [-0.05, 0) is 24.1 Å². The summed E-state index contributed by atoms with van der Waals surface area (Å²) in [5.74, 6) is -14.9. The minimum atomic E-state index is -2.40. The first-order chi connectivity index (χ1) is 17.6. The number of aromatic amines is 1. The molecule has 0 spiro atoms. The largest absolute Gasteiger partial charge is 0.445 e. The molecular formula is C26H19F5N2O4. The van der Waals surface area contributed by atoms with Crippen LogP contribution in [-0.4, -0.2) is 22.6 Å². The number of nitrogens with one attached hydrogen (secondary N) is 2. The van der Waals surface area contributed by atoms with E-state index in [0.717, 1.165) is 0 Å². The minimum Gasteiger partial charge on any atom is -0.445 e. The molecule has 1 heterocycles. The second kappa shape index (κ2) is 10.3. The molecule has 0 aliphatic rings. The summed E-state index contributed by atoms with van der Waals surface area (Å²) in [5, 5.41) is 2.97. The minimum absolute atomic E-state index is 0.164. The van der Waals surface area contributed by atoms with Crippen molar-refractivity contribution in [1.29, 1.82) is 0 Å². The number of carbonyl (C=O) groups excluding carboxylic acids is 2. The number of hydrogen-bond acceptors (Lipinski definition) is 4. The topological polar surface area (TPSA) is 80.4 Å². The Bertz CT molecular complexity index is 1450. The summed E-state index contributed by atoms with van der Waals surface area (Å²) in [4.78, 5) is 28.7. The van der Waals surface area contributed by atoms with Gasteiger partial charge in [-0.1, -0.05) is 48.5 Å². The molecule has 37 heavy (non-hydrogen) atoms. The fraction of sp³-hybridized carbons (Fsp3) is 0.154. The van der Waals surface area contributed by atoms with Crippen molar-refractivity contribution in [3.63, 3.8) is 0 Å². The average molecular weight is 518 g/mol. The quantitative estimate of drug-likeness (QED) is 0.108. The Morgan fingerprint density at radius 2 is 1.46 bits per heavy atom. The Morgan fingerprint density at radius 1 is 0.865 bits per heavy atom. The predicted molar refractivity (Wildman–Crippen MR) is 122 cm³/mol. The first kappa shape index (κ1) is 25.7. The summed E-state index contributed by atoms with van der Waals surface area (Å²) in [6, 6.07) is 15.6. The second-order valence-electron chi connectivity index (χ2n) is 8.34. The van der Waals surface area contributed by atoms with Crippen molar-refractivity contribution in [2.45, 2.75) is 25.5 Å². The van der Waals surface area contributed by atoms with Gasteiger partial charge in [0.25, 0.3) is 0 Å². The summed E-state index contributed by atoms with van der Waals surface area (Å²) < 4.78 is 78.9. The summed E-state index contributed by atoms with van der Waals surface area (Å²) in [6.45, 7) is 1.01. The standard InChI is InChI=1S/C26H19F5N2O4/c1-26(11-15-12-32-17-10-6-5-9-16(15)17,33-25(35)36-13-14-7-3-2-4-8-14)24(34)37-23-21(30)19(28)18(27)20(29)22(23)31/h2-10,12,32H,11,13H2,1H3,(H,33,35)/t26-/m0/s1. The summed E-state index contributed by atoms with van der Waals surface area (Å²) in [6.07, 6.45) is 0.178. The molecule has 1 amide bonds. The number of fused-ring (bicyclic) bond motifs is 1. The van der Waals surface area contributed by atoms with Gasteiger partial charge in [0, 0.05) is 23.5 Å². The number of esters is 1. The van der Waals surface area contributed by atoms with Gasteiger partial charge in [-0.2, -0.15) is 8.78 Å². The van der Waals surface area contributed by atoms with E-state index in [4.69, 9.17) is 4.74 Å². The maximum absolute atomic E-state index is 14.2. The Morgan fingerprint density at radius 3 is 2.14 bits per heavy atom. The number of halogens is 5. The average Bonchev–Trinajstić information content (AvgIpc) is 3.30. The SMILES string of the molecule is C[C@@](Cc1c[nH]c2ccccc12)(NC(=O)OCc1ccccc1)C(=O)Oc1c(F)c(F)c(F)c(F)c1F. The summed E-state index contributed by atoms with van der Waals surface area (Å²) in [5.41, 5.74) is -0.227. The monoisotopic (exact) mass is 518 g/mol. The molecule has 192 valence electrons. The van der Waals surface area contributed by atoms with E-state index in [1.807, 2.05) is 0 Å². The van der Waals surface area contributed by atoms with E-state index in [9.17, 15) is 31.5 Å². The molecule has 4 aromatic rings. The van der Waals surface area contributed by atoms with Crippen LogP contribution in [-0.2, 0) is 22.6 Å². The van der Waals surface area contributed by atoms with Crippen LogP contribution >= 0.6 is 0 Å². The van der Waals surface area contributed by atoms with E-state index in [2.05, 4.69) is 15.0 Å². The van der Waals surface area contributed by atoms with Crippen LogP contribution in [0.4, 0.5) is 26.7 Å². The smallest absolute Gasteiger partial charge is 0.408 e. The van der Waals surface area contributed by atoms with Crippen LogP contribution in [0.3, 0.4) is 0 Å². The molecule has 6 nitrogen and oxygen atoms in total. The van der Waals surface area contributed by atoms with E-state index in [1.54, 1.807) is 60.8 Å². The number of carbonyl (C=O) groups is 2. The molecule has 0 fully saturated rings. The normalized spacial score (nSPS) is 12.7. The number of benzene rings is 3. The zero-order valence-corrected chi connectivity index (χ0v) is 19.2. The van der Waals surface area contributed by atoms with E-state index >= 15 is 0 Å². The van der Waals surface area contributed by atoms with Crippen LogP contribution in [0.5, 0.6) is 5.75 Å². The number of amides is 1. The van der Waals surface area contributed by atoms with Crippen molar-refractivity contribution >= 4 is 23.0 Å². The number of alkyl carbamates (subject to hydrolysis) is 1. The van der Waals surface area contributed by atoms with Gasteiger partial charge in [-0.25, -0.2) is 22.8 Å². The second-order valence-corrected chi connectivity index (χ2v) is 8.34. The van der Waals surface area contributed by atoms with Gasteiger partial charge in [0.05, 0.1) is 0 Å². The van der Waals surface area contributed by atoms with Crippen LogP contribution in [0.15, 0.2) is 60.8 Å². The van der Waals surface area contributed by atoms with Crippen molar-refractivity contribution in [2.24, 2.45) is 0 Å². The van der Waals surface area contributed by atoms with Gasteiger partial charge in [0.2, 0.25) is 34.8 Å². The molecule has 0 saturated carbocycles. The molecule has 0 saturated heterocycles. The molecule has 0 bridgehead atoms. The van der Waals surface area contributed by atoms with Gasteiger partial charge in [0.1, 0.15) is 12.1 Å². The third kappa shape index (κ3) is 5.25. The third-order valence-corrected chi connectivity index (χ3v) is 5.62. The first-order valence-corrected chi connectivity index (χ1v) is 10.9. The zero-order valence-electron chi connectivity index (χ0n) is 19.2. The number of H-pyrrole nitrogens is 1. The van der Waals surface area contributed by atoms with Crippen LogP contribution in [0.1, 0.15) is 18.1 Å². The molecule has 0 aliphatic heterocycles. The van der Waals surface area contributed by atoms with Crippen LogP contribution in [0.25, 0.3) is 10.9 Å². The lowest BCUT2D eigenvalue weighted by Crippen LogP contribution is -2.55. The lowest BCUT2D eigenvalue weighted by molar-refractivity contribution is -0.141. The number of rotatable bonds is 7. The van der Waals surface area contributed by atoms with E-state index in [1.165, 1.54) is 6.92 Å². The molecule has 0 aliphatic carbocycles. The summed E-state index contributed by atoms with van der Waals surface area (Å²) >= 11 is 0. The Hall–Kier alpha value is -4.41. The lowest BCUT2D eigenvalue weighted by atomic mass is 9.92. The lowest BCUT2D eigenvalue weighted by Gasteiger charge is -2.28. The van der Waals surface area contributed by atoms with Crippen molar-refractivity contribution in [2.75, 3.05) is 0 Å². The van der Waals surface area contributed by atoms with E-state index < -0.39 is 52.4 Å². The van der Waals surface area contributed by atoms with Gasteiger partial charge in [-0.3, -0.25) is 0 Å². The highest BCUT2D eigenvalue weighted by atomic mass is 19.2. The summed E-state index contributed by atoms with van der Waals surface area (Å²) in [7, 11) is 0. The van der Waals surface area contributed by atoms with Crippen molar-refractivity contribution < 1.29 is 41.0 Å². The van der Waals surface area contributed by atoms with Gasteiger partial charge < -0.3 is 19.8 Å². The number of ether oxygens (including phenoxy) is 2. The molecule has 2 N–H and O–H groups in total. The molecule has 0 unspecified atom stereocenters. The molecule has 1 atom stereocenters. The molecular weight excluding hydrogens is 499 g/mol. The molecule has 0 radical (unpaired) electrons.